The minimum absolute atomic E-state index is 0.257. The van der Waals surface area contributed by atoms with Crippen molar-refractivity contribution in [2.24, 2.45) is 0 Å². The summed E-state index contributed by atoms with van der Waals surface area (Å²) in [5.74, 6) is 0. The molecule has 1 N–H and O–H groups in total. The first-order valence-corrected chi connectivity index (χ1v) is 6.00. The molecule has 0 aliphatic rings. The molecule has 0 saturated heterocycles. The zero-order valence-corrected chi connectivity index (χ0v) is 10.6. The van der Waals surface area contributed by atoms with E-state index in [1.807, 2.05) is 6.92 Å². The number of hydrogen-bond acceptors (Lipinski definition) is 1. The van der Waals surface area contributed by atoms with Crippen LogP contribution in [0.15, 0.2) is 28.7 Å². The van der Waals surface area contributed by atoms with E-state index < -0.39 is 0 Å². The van der Waals surface area contributed by atoms with Crippen LogP contribution in [0.3, 0.4) is 0 Å². The van der Waals surface area contributed by atoms with Gasteiger partial charge in [0.05, 0.1) is 0 Å². The molecule has 0 aromatic heterocycles. The fraction of sp³-hybridized carbons (Fsp3) is 0.455. The van der Waals surface area contributed by atoms with Crippen molar-refractivity contribution < 1.29 is 0 Å². The fourth-order valence-corrected chi connectivity index (χ4v) is 1.51. The van der Waals surface area contributed by atoms with E-state index in [4.69, 9.17) is 11.6 Å². The van der Waals surface area contributed by atoms with E-state index in [0.29, 0.717) is 0 Å². The summed E-state index contributed by atoms with van der Waals surface area (Å²) in [6.07, 6.45) is 1.01. The lowest BCUT2D eigenvalue weighted by molar-refractivity contribution is 0.645. The van der Waals surface area contributed by atoms with Crippen LogP contribution in [-0.4, -0.2) is 11.9 Å². The van der Waals surface area contributed by atoms with E-state index in [1.54, 1.807) is 0 Å². The third-order valence-corrected chi connectivity index (χ3v) is 2.71. The lowest BCUT2D eigenvalue weighted by Crippen LogP contribution is -2.16. The first kappa shape index (κ1) is 12.0. The summed E-state index contributed by atoms with van der Waals surface area (Å²) in [4.78, 5) is 0. The molecule has 1 atom stereocenters. The summed E-state index contributed by atoms with van der Waals surface area (Å²) in [7, 11) is 0. The highest BCUT2D eigenvalue weighted by atomic mass is 79.9. The normalized spacial score (nSPS) is 12.8. The van der Waals surface area contributed by atoms with Crippen LogP contribution in [0.5, 0.6) is 0 Å². The van der Waals surface area contributed by atoms with Gasteiger partial charge in [0.2, 0.25) is 0 Å². The van der Waals surface area contributed by atoms with Gasteiger partial charge >= 0.3 is 0 Å². The molecule has 0 fully saturated rings. The molecule has 0 spiro atoms. The van der Waals surface area contributed by atoms with Gasteiger partial charge < -0.3 is 5.32 Å². The average molecular weight is 277 g/mol. The minimum Gasteiger partial charge on any atom is -0.313 e. The van der Waals surface area contributed by atoms with Crippen LogP contribution in [0, 0.1) is 0 Å². The van der Waals surface area contributed by atoms with Crippen molar-refractivity contribution in [3.63, 3.8) is 0 Å². The molecule has 0 amide bonds. The third kappa shape index (κ3) is 4.99. The van der Waals surface area contributed by atoms with Crippen molar-refractivity contribution in [3.8, 4) is 0 Å². The van der Waals surface area contributed by atoms with Crippen molar-refractivity contribution >= 4 is 27.5 Å². The van der Waals surface area contributed by atoms with Gasteiger partial charge in [-0.05, 0) is 37.6 Å². The number of rotatable bonds is 5. The molecule has 0 aliphatic carbocycles. The Morgan fingerprint density at radius 2 is 2.00 bits per heavy atom. The minimum atomic E-state index is 0.257. The van der Waals surface area contributed by atoms with Crippen LogP contribution >= 0.6 is 27.5 Å². The molecule has 0 heterocycles. The maximum Gasteiger partial charge on any atom is 0.0319 e. The lowest BCUT2D eigenvalue weighted by atomic mass is 10.2. The highest BCUT2D eigenvalue weighted by molar-refractivity contribution is 9.10. The van der Waals surface area contributed by atoms with Gasteiger partial charge in [-0.15, -0.1) is 11.6 Å². The second kappa shape index (κ2) is 6.44. The molecule has 0 radical (unpaired) electrons. The van der Waals surface area contributed by atoms with Crippen LogP contribution in [0.1, 0.15) is 18.9 Å². The Balaban J connectivity index is 2.21. The van der Waals surface area contributed by atoms with Gasteiger partial charge in [-0.25, -0.2) is 0 Å². The molecule has 78 valence electrons. The Morgan fingerprint density at radius 3 is 2.57 bits per heavy atom. The third-order valence-electron chi connectivity index (χ3n) is 1.96. The summed E-state index contributed by atoms with van der Waals surface area (Å²) in [6, 6.07) is 8.34. The maximum absolute atomic E-state index is 5.83. The van der Waals surface area contributed by atoms with Crippen LogP contribution in [-0.2, 0) is 6.54 Å². The van der Waals surface area contributed by atoms with Gasteiger partial charge in [0.15, 0.2) is 0 Å². The van der Waals surface area contributed by atoms with E-state index in [1.165, 1.54) is 5.56 Å². The van der Waals surface area contributed by atoms with E-state index >= 15 is 0 Å². The topological polar surface area (TPSA) is 12.0 Å². The first-order valence-electron chi connectivity index (χ1n) is 4.77. The summed E-state index contributed by atoms with van der Waals surface area (Å²) < 4.78 is 1.12. The molecule has 1 rings (SSSR count). The number of nitrogens with one attached hydrogen (secondary N) is 1. The Kier molecular flexibility index (Phi) is 5.53. The maximum atomic E-state index is 5.83. The quantitative estimate of drug-likeness (QED) is 0.640. The van der Waals surface area contributed by atoms with Gasteiger partial charge in [0.25, 0.3) is 0 Å². The summed E-state index contributed by atoms with van der Waals surface area (Å²) in [5, 5.41) is 3.61. The smallest absolute Gasteiger partial charge is 0.0319 e. The lowest BCUT2D eigenvalue weighted by Gasteiger charge is -2.05. The van der Waals surface area contributed by atoms with Crippen LogP contribution in [0.4, 0.5) is 0 Å². The zero-order chi connectivity index (χ0) is 10.4. The van der Waals surface area contributed by atoms with Crippen molar-refractivity contribution in [3.05, 3.63) is 34.3 Å². The second-order valence-electron chi connectivity index (χ2n) is 3.37. The Labute approximate surface area is 99.0 Å². The number of halogens is 2. The fourth-order valence-electron chi connectivity index (χ4n) is 1.14. The first-order chi connectivity index (χ1) is 6.68. The predicted molar refractivity (Wildman–Crippen MR) is 65.8 cm³/mol. The van der Waals surface area contributed by atoms with Gasteiger partial charge in [0.1, 0.15) is 0 Å². The SMILES string of the molecule is CC(Cl)CCNCc1ccc(Br)cc1. The van der Waals surface area contributed by atoms with Crippen LogP contribution < -0.4 is 5.32 Å². The standard InChI is InChI=1S/C11H15BrClN/c1-9(13)6-7-14-8-10-2-4-11(12)5-3-10/h2-5,9,14H,6-8H2,1H3. The Hall–Kier alpha value is -0.0500. The summed E-state index contributed by atoms with van der Waals surface area (Å²) in [5.41, 5.74) is 1.30. The van der Waals surface area contributed by atoms with E-state index in [9.17, 15) is 0 Å². The highest BCUT2D eigenvalue weighted by Gasteiger charge is 1.96. The number of benzene rings is 1. The van der Waals surface area contributed by atoms with E-state index in [-0.39, 0.29) is 5.38 Å². The van der Waals surface area contributed by atoms with Crippen molar-refractivity contribution in [2.75, 3.05) is 6.54 Å². The average Bonchev–Trinajstić information content (AvgIpc) is 2.15. The predicted octanol–water partition coefficient (Wildman–Crippen LogP) is 3.56. The molecule has 1 unspecified atom stereocenters. The number of hydrogen-bond donors (Lipinski definition) is 1. The Bertz CT molecular complexity index is 258. The Morgan fingerprint density at radius 1 is 1.36 bits per heavy atom. The van der Waals surface area contributed by atoms with Crippen LogP contribution in [0.25, 0.3) is 0 Å². The second-order valence-corrected chi connectivity index (χ2v) is 5.03. The van der Waals surface area contributed by atoms with E-state index in [2.05, 4.69) is 45.5 Å². The van der Waals surface area contributed by atoms with E-state index in [0.717, 1.165) is 24.0 Å². The molecule has 0 saturated carbocycles. The molecule has 3 heteroatoms. The molecule has 0 bridgehead atoms. The molecular weight excluding hydrogens is 261 g/mol. The number of alkyl halides is 1. The zero-order valence-electron chi connectivity index (χ0n) is 8.26. The van der Waals surface area contributed by atoms with Crippen LogP contribution in [0.2, 0.25) is 0 Å². The summed E-state index contributed by atoms with van der Waals surface area (Å²) in [6.45, 7) is 3.90. The molecule has 1 nitrogen and oxygen atoms in total. The molecule has 0 aliphatic heterocycles. The van der Waals surface area contributed by atoms with Crippen molar-refractivity contribution in [1.82, 2.24) is 5.32 Å². The van der Waals surface area contributed by atoms with Crippen molar-refractivity contribution in [1.29, 1.82) is 0 Å². The molecule has 1 aromatic carbocycles. The van der Waals surface area contributed by atoms with Gasteiger partial charge in [0, 0.05) is 16.4 Å². The molecule has 1 aromatic rings. The van der Waals surface area contributed by atoms with Gasteiger partial charge in [-0.3, -0.25) is 0 Å². The largest absolute Gasteiger partial charge is 0.313 e. The molecule has 14 heavy (non-hydrogen) atoms. The van der Waals surface area contributed by atoms with Crippen molar-refractivity contribution in [2.45, 2.75) is 25.3 Å². The highest BCUT2D eigenvalue weighted by Crippen LogP contribution is 2.10. The van der Waals surface area contributed by atoms with Gasteiger partial charge in [-0.2, -0.15) is 0 Å². The summed E-state index contributed by atoms with van der Waals surface area (Å²) >= 11 is 9.24. The molecular formula is C11H15BrClN. The monoisotopic (exact) mass is 275 g/mol. The van der Waals surface area contributed by atoms with Gasteiger partial charge in [-0.1, -0.05) is 28.1 Å².